The number of benzene rings is 1. The Hall–Kier alpha value is -1.98. The number of ether oxygens (including phenoxy) is 1. The molecule has 0 aliphatic heterocycles. The Labute approximate surface area is 113 Å². The van der Waals surface area contributed by atoms with Gasteiger partial charge in [-0.05, 0) is 25.0 Å². The number of hydrogen-bond donors (Lipinski definition) is 1. The molecule has 2 N–H and O–H groups in total. The highest BCUT2D eigenvalue weighted by atomic mass is 19.4. The molecule has 2 aromatic rings. The summed E-state index contributed by atoms with van der Waals surface area (Å²) in [7, 11) is 0. The van der Waals surface area contributed by atoms with Gasteiger partial charge in [-0.2, -0.15) is 13.2 Å². The number of fused-ring (bicyclic) bond motifs is 1. The van der Waals surface area contributed by atoms with E-state index in [-0.39, 0.29) is 5.75 Å². The van der Waals surface area contributed by atoms with E-state index >= 15 is 0 Å². The molecule has 1 aliphatic carbocycles. The summed E-state index contributed by atoms with van der Waals surface area (Å²) in [5.74, 6) is 0.492. The van der Waals surface area contributed by atoms with Crippen molar-refractivity contribution in [1.29, 1.82) is 0 Å². The molecule has 1 aromatic heterocycles. The fourth-order valence-corrected chi connectivity index (χ4v) is 2.13. The van der Waals surface area contributed by atoms with Crippen LogP contribution in [0.15, 0.2) is 24.3 Å². The molecule has 3 nitrogen and oxygen atoms in total. The van der Waals surface area contributed by atoms with Gasteiger partial charge in [-0.1, -0.05) is 12.1 Å². The highest BCUT2D eigenvalue weighted by molar-refractivity contribution is 5.94. The molecule has 1 saturated carbocycles. The van der Waals surface area contributed by atoms with Crippen LogP contribution in [0.25, 0.3) is 10.9 Å². The maximum atomic E-state index is 12.3. The van der Waals surface area contributed by atoms with Crippen LogP contribution in [0.4, 0.5) is 18.9 Å². The van der Waals surface area contributed by atoms with Crippen molar-refractivity contribution in [2.24, 2.45) is 0 Å². The Morgan fingerprint density at radius 3 is 2.70 bits per heavy atom. The van der Waals surface area contributed by atoms with Crippen molar-refractivity contribution in [2.75, 3.05) is 12.3 Å². The van der Waals surface area contributed by atoms with E-state index in [9.17, 15) is 13.2 Å². The van der Waals surface area contributed by atoms with E-state index in [0.29, 0.717) is 22.5 Å². The van der Waals surface area contributed by atoms with Gasteiger partial charge in [0.2, 0.25) is 0 Å². The van der Waals surface area contributed by atoms with Gasteiger partial charge < -0.3 is 10.5 Å². The van der Waals surface area contributed by atoms with Gasteiger partial charge in [0.15, 0.2) is 6.61 Å². The van der Waals surface area contributed by atoms with Crippen molar-refractivity contribution in [2.45, 2.75) is 24.9 Å². The average molecular weight is 282 g/mol. The number of aromatic nitrogens is 1. The summed E-state index contributed by atoms with van der Waals surface area (Å²) in [6.07, 6.45) is -2.28. The minimum absolute atomic E-state index is 0.119. The zero-order valence-electron chi connectivity index (χ0n) is 10.6. The molecular weight excluding hydrogens is 269 g/mol. The van der Waals surface area contributed by atoms with Crippen LogP contribution in [0.3, 0.4) is 0 Å². The van der Waals surface area contributed by atoms with Crippen LogP contribution in [0.5, 0.6) is 5.75 Å². The summed E-state index contributed by atoms with van der Waals surface area (Å²) in [5.41, 5.74) is 7.71. The molecule has 1 heterocycles. The Kier molecular flexibility index (Phi) is 2.96. The fraction of sp³-hybridized carbons (Fsp3) is 0.357. The van der Waals surface area contributed by atoms with Crippen molar-refractivity contribution in [3.05, 3.63) is 30.0 Å². The van der Waals surface area contributed by atoms with Crippen LogP contribution in [0, 0.1) is 0 Å². The fourth-order valence-electron chi connectivity index (χ4n) is 2.13. The van der Waals surface area contributed by atoms with Crippen LogP contribution < -0.4 is 10.5 Å². The van der Waals surface area contributed by atoms with Gasteiger partial charge >= 0.3 is 6.18 Å². The highest BCUT2D eigenvalue weighted by Gasteiger charge is 2.29. The molecule has 1 aliphatic rings. The Bertz CT molecular complexity index is 651. The van der Waals surface area contributed by atoms with Gasteiger partial charge in [0, 0.05) is 22.7 Å². The number of nitrogens with two attached hydrogens (primary N) is 1. The summed E-state index contributed by atoms with van der Waals surface area (Å²) in [5, 5.41) is 0.620. The smallest absolute Gasteiger partial charge is 0.422 e. The predicted molar refractivity (Wildman–Crippen MR) is 69.7 cm³/mol. The SMILES string of the molecule is Nc1cc(C2CC2)nc2c(OCC(F)(F)F)cccc12. The van der Waals surface area contributed by atoms with Crippen molar-refractivity contribution < 1.29 is 17.9 Å². The van der Waals surface area contributed by atoms with Crippen LogP contribution in [0.1, 0.15) is 24.5 Å². The minimum atomic E-state index is -4.37. The standard InChI is InChI=1S/C14H13F3N2O/c15-14(16,17)7-20-12-3-1-2-9-10(18)6-11(8-4-5-8)19-13(9)12/h1-3,6,8H,4-5,7H2,(H2,18,19). The first-order valence-electron chi connectivity index (χ1n) is 6.33. The maximum Gasteiger partial charge on any atom is 0.422 e. The van der Waals surface area contributed by atoms with Gasteiger partial charge in [-0.15, -0.1) is 0 Å². The molecule has 1 fully saturated rings. The van der Waals surface area contributed by atoms with E-state index in [1.165, 1.54) is 6.07 Å². The van der Waals surface area contributed by atoms with E-state index < -0.39 is 12.8 Å². The summed E-state index contributed by atoms with van der Waals surface area (Å²) in [4.78, 5) is 4.43. The summed E-state index contributed by atoms with van der Waals surface area (Å²) < 4.78 is 41.7. The second-order valence-corrected chi connectivity index (χ2v) is 4.97. The van der Waals surface area contributed by atoms with Crippen molar-refractivity contribution in [3.8, 4) is 5.75 Å². The second-order valence-electron chi connectivity index (χ2n) is 4.97. The van der Waals surface area contributed by atoms with E-state index in [1.807, 2.05) is 0 Å². The lowest BCUT2D eigenvalue weighted by Gasteiger charge is -2.12. The van der Waals surface area contributed by atoms with Crippen molar-refractivity contribution in [3.63, 3.8) is 0 Å². The second kappa shape index (κ2) is 4.54. The van der Waals surface area contributed by atoms with Crippen molar-refractivity contribution in [1.82, 2.24) is 4.98 Å². The van der Waals surface area contributed by atoms with Gasteiger partial charge in [0.05, 0.1) is 0 Å². The molecule has 0 spiro atoms. The summed E-state index contributed by atoms with van der Waals surface area (Å²) in [6, 6.07) is 6.63. The third-order valence-electron chi connectivity index (χ3n) is 3.24. The van der Waals surface area contributed by atoms with Gasteiger partial charge in [-0.25, -0.2) is 4.98 Å². The number of nitrogen functional groups attached to an aromatic ring is 1. The molecular formula is C14H13F3N2O. The normalized spacial score (nSPS) is 15.6. The third-order valence-corrected chi connectivity index (χ3v) is 3.24. The zero-order chi connectivity index (χ0) is 14.3. The minimum Gasteiger partial charge on any atom is -0.482 e. The first kappa shape index (κ1) is 13.0. The number of para-hydroxylation sites is 1. The number of halogens is 3. The molecule has 3 rings (SSSR count). The number of nitrogens with zero attached hydrogens (tertiary/aromatic N) is 1. The van der Waals surface area contributed by atoms with Crippen LogP contribution in [-0.4, -0.2) is 17.8 Å². The number of alkyl halides is 3. The predicted octanol–water partition coefficient (Wildman–Crippen LogP) is 3.64. The number of hydrogen-bond acceptors (Lipinski definition) is 3. The topological polar surface area (TPSA) is 48.1 Å². The maximum absolute atomic E-state index is 12.3. The number of anilines is 1. The lowest BCUT2D eigenvalue weighted by molar-refractivity contribution is -0.153. The number of rotatable bonds is 3. The molecule has 0 atom stereocenters. The van der Waals surface area contributed by atoms with Crippen molar-refractivity contribution >= 4 is 16.6 Å². The molecule has 0 amide bonds. The quantitative estimate of drug-likeness (QED) is 0.935. The zero-order valence-corrected chi connectivity index (χ0v) is 10.6. The van der Waals surface area contributed by atoms with Crippen LogP contribution in [-0.2, 0) is 0 Å². The molecule has 0 bridgehead atoms. The van der Waals surface area contributed by atoms with E-state index in [2.05, 4.69) is 4.98 Å². The van der Waals surface area contributed by atoms with Gasteiger partial charge in [0.1, 0.15) is 11.3 Å². The molecule has 0 unspecified atom stereocenters. The molecule has 0 saturated heterocycles. The van der Waals surface area contributed by atoms with E-state index in [0.717, 1.165) is 18.5 Å². The first-order valence-corrected chi connectivity index (χ1v) is 6.33. The lowest BCUT2D eigenvalue weighted by atomic mass is 10.1. The average Bonchev–Trinajstić information content (AvgIpc) is 3.19. The Balaban J connectivity index is 2.02. The Morgan fingerprint density at radius 1 is 1.30 bits per heavy atom. The van der Waals surface area contributed by atoms with E-state index in [4.69, 9.17) is 10.5 Å². The third kappa shape index (κ3) is 2.64. The first-order chi connectivity index (χ1) is 9.44. The monoisotopic (exact) mass is 282 g/mol. The van der Waals surface area contributed by atoms with Crippen LogP contribution in [0.2, 0.25) is 0 Å². The molecule has 6 heteroatoms. The van der Waals surface area contributed by atoms with Gasteiger partial charge in [0.25, 0.3) is 0 Å². The molecule has 1 aromatic carbocycles. The Morgan fingerprint density at radius 2 is 2.05 bits per heavy atom. The molecule has 20 heavy (non-hydrogen) atoms. The lowest BCUT2D eigenvalue weighted by Crippen LogP contribution is -2.19. The van der Waals surface area contributed by atoms with E-state index in [1.54, 1.807) is 18.2 Å². The van der Waals surface area contributed by atoms with Crippen LogP contribution >= 0.6 is 0 Å². The largest absolute Gasteiger partial charge is 0.482 e. The molecule has 0 radical (unpaired) electrons. The number of pyridine rings is 1. The summed E-state index contributed by atoms with van der Waals surface area (Å²) in [6.45, 7) is -1.33. The summed E-state index contributed by atoms with van der Waals surface area (Å²) >= 11 is 0. The highest BCUT2D eigenvalue weighted by Crippen LogP contribution is 2.41. The van der Waals surface area contributed by atoms with Gasteiger partial charge in [-0.3, -0.25) is 0 Å². The molecule has 106 valence electrons.